The van der Waals surface area contributed by atoms with Crippen molar-refractivity contribution >= 4 is 0 Å². The van der Waals surface area contributed by atoms with Gasteiger partial charge in [-0.1, -0.05) is 72.5 Å². The molecule has 1 unspecified atom stereocenters. The van der Waals surface area contributed by atoms with Crippen LogP contribution in [0.3, 0.4) is 0 Å². The van der Waals surface area contributed by atoms with E-state index in [9.17, 15) is 5.26 Å². The SMILES string of the molecule is OOC(c1ccccc1)c1ccc(C#Cc2ccccc2)cc1. The van der Waals surface area contributed by atoms with Crippen LogP contribution in [0.25, 0.3) is 0 Å². The van der Waals surface area contributed by atoms with Crippen molar-refractivity contribution in [1.82, 2.24) is 0 Å². The summed E-state index contributed by atoms with van der Waals surface area (Å²) in [6.07, 6.45) is -0.493. The zero-order valence-corrected chi connectivity index (χ0v) is 12.5. The number of benzene rings is 3. The summed E-state index contributed by atoms with van der Waals surface area (Å²) in [5.41, 5.74) is 3.68. The fourth-order valence-electron chi connectivity index (χ4n) is 2.35. The van der Waals surface area contributed by atoms with E-state index in [0.29, 0.717) is 0 Å². The van der Waals surface area contributed by atoms with Gasteiger partial charge in [-0.25, -0.2) is 4.89 Å². The molecule has 0 saturated heterocycles. The van der Waals surface area contributed by atoms with E-state index in [0.717, 1.165) is 22.3 Å². The molecular formula is C21H16O2. The first kappa shape index (κ1) is 15.1. The average molecular weight is 300 g/mol. The van der Waals surface area contributed by atoms with E-state index in [4.69, 9.17) is 0 Å². The molecular weight excluding hydrogens is 284 g/mol. The highest BCUT2D eigenvalue weighted by molar-refractivity contribution is 5.44. The largest absolute Gasteiger partial charge is 0.251 e. The molecule has 3 aromatic carbocycles. The van der Waals surface area contributed by atoms with Crippen LogP contribution in [0.4, 0.5) is 0 Å². The first-order chi connectivity index (χ1) is 11.4. The van der Waals surface area contributed by atoms with Gasteiger partial charge in [0.25, 0.3) is 0 Å². The van der Waals surface area contributed by atoms with Gasteiger partial charge in [-0.05, 0) is 35.4 Å². The maximum Gasteiger partial charge on any atom is 0.143 e. The van der Waals surface area contributed by atoms with Gasteiger partial charge in [0.2, 0.25) is 0 Å². The monoisotopic (exact) mass is 300 g/mol. The van der Waals surface area contributed by atoms with E-state index in [2.05, 4.69) is 16.7 Å². The summed E-state index contributed by atoms with van der Waals surface area (Å²) in [5.74, 6) is 6.26. The fraction of sp³-hybridized carbons (Fsp3) is 0.0476. The van der Waals surface area contributed by atoms with E-state index in [-0.39, 0.29) is 0 Å². The normalized spacial score (nSPS) is 11.3. The van der Waals surface area contributed by atoms with Gasteiger partial charge >= 0.3 is 0 Å². The third kappa shape index (κ3) is 3.87. The smallest absolute Gasteiger partial charge is 0.143 e. The third-order valence-corrected chi connectivity index (χ3v) is 3.55. The zero-order chi connectivity index (χ0) is 15.9. The Morgan fingerprint density at radius 2 is 1.09 bits per heavy atom. The Morgan fingerprint density at radius 3 is 1.65 bits per heavy atom. The van der Waals surface area contributed by atoms with E-state index >= 15 is 0 Å². The van der Waals surface area contributed by atoms with Crippen molar-refractivity contribution in [2.75, 3.05) is 0 Å². The standard InChI is InChI=1S/C21H16O2/c22-23-21(19-9-5-2-6-10-19)20-15-13-18(14-16-20)12-11-17-7-3-1-4-8-17/h1-10,13-16,21-22H. The molecule has 0 aliphatic carbocycles. The number of rotatable bonds is 3. The molecule has 0 aromatic heterocycles. The minimum absolute atomic E-state index is 0.493. The molecule has 0 aliphatic rings. The minimum atomic E-state index is -0.493. The molecule has 112 valence electrons. The van der Waals surface area contributed by atoms with Crippen LogP contribution in [0.1, 0.15) is 28.4 Å². The lowest BCUT2D eigenvalue weighted by Crippen LogP contribution is -2.03. The molecule has 2 nitrogen and oxygen atoms in total. The second-order valence-electron chi connectivity index (χ2n) is 5.13. The van der Waals surface area contributed by atoms with Crippen molar-refractivity contribution in [2.45, 2.75) is 6.10 Å². The van der Waals surface area contributed by atoms with Gasteiger partial charge in [-0.15, -0.1) is 0 Å². The van der Waals surface area contributed by atoms with Gasteiger partial charge < -0.3 is 0 Å². The van der Waals surface area contributed by atoms with Crippen LogP contribution in [0.15, 0.2) is 84.9 Å². The molecule has 0 bridgehead atoms. The van der Waals surface area contributed by atoms with Crippen LogP contribution in [-0.4, -0.2) is 5.26 Å². The molecule has 3 rings (SSSR count). The Hall–Kier alpha value is -2.86. The van der Waals surface area contributed by atoms with E-state index < -0.39 is 6.10 Å². The zero-order valence-electron chi connectivity index (χ0n) is 12.5. The predicted octanol–water partition coefficient (Wildman–Crippen LogP) is 4.67. The third-order valence-electron chi connectivity index (χ3n) is 3.55. The second kappa shape index (κ2) is 7.42. The van der Waals surface area contributed by atoms with Crippen molar-refractivity contribution in [3.05, 3.63) is 107 Å². The summed E-state index contributed by atoms with van der Waals surface area (Å²) < 4.78 is 0. The lowest BCUT2D eigenvalue weighted by atomic mass is 10.0. The molecule has 1 atom stereocenters. The molecule has 0 fully saturated rings. The Labute approximate surface area is 135 Å². The van der Waals surface area contributed by atoms with Gasteiger partial charge in [0, 0.05) is 11.1 Å². The summed E-state index contributed by atoms with van der Waals surface area (Å²) in [6, 6.07) is 27.2. The maximum atomic E-state index is 9.23. The van der Waals surface area contributed by atoms with Crippen LogP contribution >= 0.6 is 0 Å². The second-order valence-corrected chi connectivity index (χ2v) is 5.13. The van der Waals surface area contributed by atoms with Gasteiger partial charge in [-0.2, -0.15) is 0 Å². The highest BCUT2D eigenvalue weighted by atomic mass is 17.1. The Balaban J connectivity index is 1.81. The van der Waals surface area contributed by atoms with Gasteiger partial charge in [0.05, 0.1) is 0 Å². The van der Waals surface area contributed by atoms with Crippen LogP contribution in [-0.2, 0) is 4.89 Å². The number of hydrogen-bond acceptors (Lipinski definition) is 2. The Morgan fingerprint density at radius 1 is 0.609 bits per heavy atom. The molecule has 0 spiro atoms. The van der Waals surface area contributed by atoms with Crippen LogP contribution in [0.5, 0.6) is 0 Å². The highest BCUT2D eigenvalue weighted by Gasteiger charge is 2.14. The Kier molecular flexibility index (Phi) is 4.85. The van der Waals surface area contributed by atoms with Crippen LogP contribution in [0, 0.1) is 11.8 Å². The molecule has 3 aromatic rings. The highest BCUT2D eigenvalue weighted by Crippen LogP contribution is 2.25. The minimum Gasteiger partial charge on any atom is -0.251 e. The molecule has 0 radical (unpaired) electrons. The molecule has 0 heterocycles. The molecule has 0 amide bonds. The van der Waals surface area contributed by atoms with Gasteiger partial charge in [-0.3, -0.25) is 5.26 Å². The molecule has 2 heteroatoms. The predicted molar refractivity (Wildman–Crippen MR) is 90.9 cm³/mol. The maximum absolute atomic E-state index is 9.23. The summed E-state index contributed by atoms with van der Waals surface area (Å²) in [7, 11) is 0. The Bertz CT molecular complexity index is 797. The van der Waals surface area contributed by atoms with Crippen molar-refractivity contribution < 1.29 is 10.1 Å². The first-order valence-electron chi connectivity index (χ1n) is 7.39. The van der Waals surface area contributed by atoms with E-state index in [1.807, 2.05) is 84.9 Å². The number of hydrogen-bond donors (Lipinski definition) is 1. The fourth-order valence-corrected chi connectivity index (χ4v) is 2.35. The van der Waals surface area contributed by atoms with Gasteiger partial charge in [0.15, 0.2) is 0 Å². The lowest BCUT2D eigenvalue weighted by Gasteiger charge is -2.14. The molecule has 1 N–H and O–H groups in total. The summed E-state index contributed by atoms with van der Waals surface area (Å²) in [4.78, 5) is 4.66. The quantitative estimate of drug-likeness (QED) is 0.433. The van der Waals surface area contributed by atoms with Gasteiger partial charge in [0.1, 0.15) is 6.10 Å². The lowest BCUT2D eigenvalue weighted by molar-refractivity contribution is -0.270. The summed E-state index contributed by atoms with van der Waals surface area (Å²) in [5, 5.41) is 9.23. The first-order valence-corrected chi connectivity index (χ1v) is 7.39. The average Bonchev–Trinajstić information content (AvgIpc) is 2.63. The van der Waals surface area contributed by atoms with Crippen molar-refractivity contribution in [1.29, 1.82) is 0 Å². The van der Waals surface area contributed by atoms with Crippen molar-refractivity contribution in [3.8, 4) is 11.8 Å². The molecule has 0 aliphatic heterocycles. The van der Waals surface area contributed by atoms with Crippen molar-refractivity contribution in [2.24, 2.45) is 0 Å². The van der Waals surface area contributed by atoms with Crippen LogP contribution < -0.4 is 0 Å². The van der Waals surface area contributed by atoms with Crippen molar-refractivity contribution in [3.63, 3.8) is 0 Å². The topological polar surface area (TPSA) is 29.5 Å². The molecule has 0 saturated carbocycles. The molecule has 23 heavy (non-hydrogen) atoms. The summed E-state index contributed by atoms with van der Waals surface area (Å²) >= 11 is 0. The van der Waals surface area contributed by atoms with E-state index in [1.54, 1.807) is 0 Å². The summed E-state index contributed by atoms with van der Waals surface area (Å²) in [6.45, 7) is 0. The van der Waals surface area contributed by atoms with E-state index in [1.165, 1.54) is 0 Å². The van der Waals surface area contributed by atoms with Crippen LogP contribution in [0.2, 0.25) is 0 Å².